The van der Waals surface area contributed by atoms with Crippen molar-refractivity contribution >= 4 is 5.69 Å². The molecule has 1 heterocycles. The number of anilines is 1. The number of hydrogen-bond acceptors (Lipinski definition) is 2. The Balaban J connectivity index is 2.11. The third kappa shape index (κ3) is 2.53. The molecule has 2 rings (SSSR count). The summed E-state index contributed by atoms with van der Waals surface area (Å²) in [5, 5.41) is 7.48. The summed E-state index contributed by atoms with van der Waals surface area (Å²) in [7, 11) is 1.91. The van der Waals surface area contributed by atoms with Crippen LogP contribution in [0.15, 0.2) is 24.3 Å². The van der Waals surface area contributed by atoms with Gasteiger partial charge < -0.3 is 5.32 Å². The molecule has 96 valence electrons. The monoisotopic (exact) mass is 247 g/mol. The average Bonchev–Trinajstić information content (AvgIpc) is 2.72. The predicted molar refractivity (Wildman–Crippen MR) is 71.0 cm³/mol. The molecule has 3 nitrogen and oxygen atoms in total. The zero-order chi connectivity index (χ0) is 13.1. The third-order valence-corrected chi connectivity index (χ3v) is 3.04. The van der Waals surface area contributed by atoms with E-state index in [-0.39, 0.29) is 5.82 Å². The van der Waals surface area contributed by atoms with Crippen molar-refractivity contribution in [2.45, 2.75) is 26.8 Å². The summed E-state index contributed by atoms with van der Waals surface area (Å²) in [6.07, 6.45) is 0.909. The molecule has 0 radical (unpaired) electrons. The van der Waals surface area contributed by atoms with Crippen LogP contribution in [-0.2, 0) is 20.0 Å². The lowest BCUT2D eigenvalue weighted by atomic mass is 10.2. The molecule has 1 N–H and O–H groups in total. The molecule has 0 saturated heterocycles. The van der Waals surface area contributed by atoms with Gasteiger partial charge in [0.15, 0.2) is 0 Å². The second kappa shape index (κ2) is 5.21. The summed E-state index contributed by atoms with van der Waals surface area (Å²) < 4.78 is 15.6. The fraction of sp³-hybridized carbons (Fsp3) is 0.357. The summed E-state index contributed by atoms with van der Waals surface area (Å²) in [6, 6.07) is 7.40. The zero-order valence-electron chi connectivity index (χ0n) is 11.0. The Morgan fingerprint density at radius 1 is 1.39 bits per heavy atom. The number of hydrogen-bond donors (Lipinski definition) is 1. The van der Waals surface area contributed by atoms with Crippen molar-refractivity contribution in [1.29, 1.82) is 0 Å². The molecule has 2 aromatic rings. The summed E-state index contributed by atoms with van der Waals surface area (Å²) in [5.41, 5.74) is 3.29. The quantitative estimate of drug-likeness (QED) is 0.900. The zero-order valence-corrected chi connectivity index (χ0v) is 11.0. The number of nitrogens with zero attached hydrogens (tertiary/aromatic N) is 2. The van der Waals surface area contributed by atoms with E-state index in [1.54, 1.807) is 19.1 Å². The van der Waals surface area contributed by atoms with Gasteiger partial charge in [-0.3, -0.25) is 4.68 Å². The number of aromatic nitrogens is 2. The fourth-order valence-corrected chi connectivity index (χ4v) is 1.88. The first-order valence-corrected chi connectivity index (χ1v) is 6.12. The standard InChI is InChI=1S/C14H18FN3/c1-4-11-8-12(18(3)17-11)9-16-13-7-5-6-10(2)14(13)15/h5-8,16H,4,9H2,1-3H3. The number of halogens is 1. The lowest BCUT2D eigenvalue weighted by Crippen LogP contribution is -2.06. The number of rotatable bonds is 4. The number of benzene rings is 1. The Morgan fingerprint density at radius 2 is 2.17 bits per heavy atom. The Labute approximate surface area is 107 Å². The first-order chi connectivity index (χ1) is 8.61. The normalized spacial score (nSPS) is 10.7. The minimum atomic E-state index is -0.185. The van der Waals surface area contributed by atoms with Gasteiger partial charge in [0.25, 0.3) is 0 Å². The van der Waals surface area contributed by atoms with Crippen molar-refractivity contribution in [3.8, 4) is 0 Å². The van der Waals surface area contributed by atoms with E-state index >= 15 is 0 Å². The van der Waals surface area contributed by atoms with Crippen LogP contribution in [0.25, 0.3) is 0 Å². The van der Waals surface area contributed by atoms with Crippen LogP contribution in [-0.4, -0.2) is 9.78 Å². The van der Waals surface area contributed by atoms with E-state index in [4.69, 9.17) is 0 Å². The highest BCUT2D eigenvalue weighted by Crippen LogP contribution is 2.18. The SMILES string of the molecule is CCc1cc(CNc2cccc(C)c2F)n(C)n1. The second-order valence-electron chi connectivity index (χ2n) is 4.39. The van der Waals surface area contributed by atoms with E-state index in [1.807, 2.05) is 23.9 Å². The van der Waals surface area contributed by atoms with Gasteiger partial charge in [-0.25, -0.2) is 4.39 Å². The summed E-state index contributed by atoms with van der Waals surface area (Å²) in [4.78, 5) is 0. The van der Waals surface area contributed by atoms with E-state index in [9.17, 15) is 4.39 Å². The van der Waals surface area contributed by atoms with E-state index in [0.717, 1.165) is 17.8 Å². The maximum absolute atomic E-state index is 13.8. The molecule has 4 heteroatoms. The second-order valence-corrected chi connectivity index (χ2v) is 4.39. The van der Waals surface area contributed by atoms with Crippen LogP contribution in [0.4, 0.5) is 10.1 Å². The van der Waals surface area contributed by atoms with Crippen LogP contribution in [0.3, 0.4) is 0 Å². The highest BCUT2D eigenvalue weighted by Gasteiger charge is 2.07. The molecule has 0 aliphatic rings. The van der Waals surface area contributed by atoms with Gasteiger partial charge in [0.2, 0.25) is 0 Å². The third-order valence-electron chi connectivity index (χ3n) is 3.04. The lowest BCUT2D eigenvalue weighted by Gasteiger charge is -2.08. The predicted octanol–water partition coefficient (Wildman–Crippen LogP) is 3.04. The number of aryl methyl sites for hydroxylation is 3. The highest BCUT2D eigenvalue weighted by atomic mass is 19.1. The van der Waals surface area contributed by atoms with Crippen LogP contribution >= 0.6 is 0 Å². The van der Waals surface area contributed by atoms with Crippen LogP contribution in [0.1, 0.15) is 23.9 Å². The topological polar surface area (TPSA) is 29.9 Å². The fourth-order valence-electron chi connectivity index (χ4n) is 1.88. The molecule has 1 aromatic carbocycles. The average molecular weight is 247 g/mol. The van der Waals surface area contributed by atoms with Gasteiger partial charge in [-0.2, -0.15) is 5.10 Å². The van der Waals surface area contributed by atoms with Crippen molar-refractivity contribution in [3.63, 3.8) is 0 Å². The molecule has 0 spiro atoms. The minimum absolute atomic E-state index is 0.185. The van der Waals surface area contributed by atoms with Gasteiger partial charge in [-0.1, -0.05) is 19.1 Å². The summed E-state index contributed by atoms with van der Waals surface area (Å²) >= 11 is 0. The molecule has 0 amide bonds. The highest BCUT2D eigenvalue weighted by molar-refractivity contribution is 5.47. The van der Waals surface area contributed by atoms with E-state index in [2.05, 4.69) is 17.3 Å². The van der Waals surface area contributed by atoms with Gasteiger partial charge in [-0.15, -0.1) is 0 Å². The summed E-state index contributed by atoms with van der Waals surface area (Å²) in [5.74, 6) is -0.185. The van der Waals surface area contributed by atoms with Crippen LogP contribution in [0, 0.1) is 12.7 Å². The first kappa shape index (κ1) is 12.6. The molecule has 0 saturated carbocycles. The van der Waals surface area contributed by atoms with Gasteiger partial charge in [0, 0.05) is 7.05 Å². The minimum Gasteiger partial charge on any atom is -0.377 e. The molecule has 0 aliphatic carbocycles. The van der Waals surface area contributed by atoms with Gasteiger partial charge in [0.05, 0.1) is 23.6 Å². The van der Waals surface area contributed by atoms with Crippen LogP contribution in [0.5, 0.6) is 0 Å². The molecule has 0 aliphatic heterocycles. The van der Waals surface area contributed by atoms with Crippen molar-refractivity contribution in [1.82, 2.24) is 9.78 Å². The number of nitrogens with one attached hydrogen (secondary N) is 1. The van der Waals surface area contributed by atoms with E-state index in [0.29, 0.717) is 17.8 Å². The van der Waals surface area contributed by atoms with E-state index < -0.39 is 0 Å². The van der Waals surface area contributed by atoms with Crippen LogP contribution in [0.2, 0.25) is 0 Å². The smallest absolute Gasteiger partial charge is 0.149 e. The summed E-state index contributed by atoms with van der Waals surface area (Å²) in [6.45, 7) is 4.41. The Hall–Kier alpha value is -1.84. The van der Waals surface area contributed by atoms with Gasteiger partial charge in [-0.05, 0) is 31.0 Å². The van der Waals surface area contributed by atoms with E-state index in [1.165, 1.54) is 0 Å². The molecule has 0 fully saturated rings. The van der Waals surface area contributed by atoms with Crippen molar-refractivity contribution < 1.29 is 4.39 Å². The molecule has 1 aromatic heterocycles. The Bertz CT molecular complexity index is 546. The Morgan fingerprint density at radius 3 is 2.83 bits per heavy atom. The van der Waals surface area contributed by atoms with Crippen molar-refractivity contribution in [2.24, 2.45) is 7.05 Å². The maximum Gasteiger partial charge on any atom is 0.149 e. The molecular formula is C14H18FN3. The molecule has 0 unspecified atom stereocenters. The molecule has 0 bridgehead atoms. The lowest BCUT2D eigenvalue weighted by molar-refractivity contribution is 0.620. The van der Waals surface area contributed by atoms with Crippen molar-refractivity contribution in [3.05, 3.63) is 47.0 Å². The van der Waals surface area contributed by atoms with Gasteiger partial charge in [0.1, 0.15) is 5.82 Å². The maximum atomic E-state index is 13.8. The van der Waals surface area contributed by atoms with Crippen molar-refractivity contribution in [2.75, 3.05) is 5.32 Å². The Kier molecular flexibility index (Phi) is 3.65. The first-order valence-electron chi connectivity index (χ1n) is 6.12. The molecule has 0 atom stereocenters. The largest absolute Gasteiger partial charge is 0.377 e. The molecule has 18 heavy (non-hydrogen) atoms. The van der Waals surface area contributed by atoms with Gasteiger partial charge >= 0.3 is 0 Å². The molecular weight excluding hydrogens is 229 g/mol. The van der Waals surface area contributed by atoms with Crippen LogP contribution < -0.4 is 5.32 Å².